The fraction of sp³-hybridized carbons (Fsp3) is 1.00. The van der Waals surface area contributed by atoms with Gasteiger partial charge in [0.2, 0.25) is 0 Å². The zero-order valence-corrected chi connectivity index (χ0v) is 11.8. The molecule has 0 bridgehead atoms. The predicted molar refractivity (Wildman–Crippen MR) is 71.2 cm³/mol. The Morgan fingerprint density at radius 2 is 1.50 bits per heavy atom. The molecule has 97 valence electrons. The summed E-state index contributed by atoms with van der Waals surface area (Å²) in [7, 11) is 0. The molecular weight excluding hydrogens is 196 g/mol. The summed E-state index contributed by atoms with van der Waals surface area (Å²) in [6.07, 6.45) is 9.81. The smallest absolute Gasteiger partial charge is 0.106 e. The predicted octanol–water partition coefficient (Wildman–Crippen LogP) is 5.36. The number of unbranched alkanes of at least 4 members (excludes halogenated alkanes) is 2. The first-order valence-corrected chi connectivity index (χ1v) is 7.34. The van der Waals surface area contributed by atoms with Crippen molar-refractivity contribution < 1.29 is 5.11 Å². The molecule has 0 N–H and O–H groups in total. The Kier molecular flexibility index (Phi) is 9.02. The molecule has 1 radical (unpaired) electrons. The van der Waals surface area contributed by atoms with Crippen molar-refractivity contribution in [3.63, 3.8) is 0 Å². The van der Waals surface area contributed by atoms with E-state index in [1.165, 1.54) is 12.8 Å². The molecule has 2 atom stereocenters. The second-order valence-corrected chi connectivity index (χ2v) is 5.15. The highest BCUT2D eigenvalue weighted by Crippen LogP contribution is 2.35. The summed E-state index contributed by atoms with van der Waals surface area (Å²) in [6, 6.07) is 0. The standard InChI is InChI=1S/C15H31O/c1-5-9-12-14(11-7-3)15(16,8-4)13-10-6-2/h14H,5-13H2,1-4H3. The Hall–Kier alpha value is -0.0400. The van der Waals surface area contributed by atoms with E-state index in [-0.39, 0.29) is 0 Å². The van der Waals surface area contributed by atoms with Crippen molar-refractivity contribution in [2.75, 3.05) is 0 Å². The first-order valence-electron chi connectivity index (χ1n) is 7.34. The van der Waals surface area contributed by atoms with Crippen LogP contribution in [0.15, 0.2) is 0 Å². The van der Waals surface area contributed by atoms with Crippen LogP contribution in [0.1, 0.15) is 85.5 Å². The third-order valence-corrected chi connectivity index (χ3v) is 3.84. The van der Waals surface area contributed by atoms with Crippen LogP contribution < -0.4 is 0 Å². The highest BCUT2D eigenvalue weighted by atomic mass is 16.3. The van der Waals surface area contributed by atoms with E-state index in [0.717, 1.165) is 44.9 Å². The van der Waals surface area contributed by atoms with Gasteiger partial charge in [0.05, 0.1) is 0 Å². The van der Waals surface area contributed by atoms with Gasteiger partial charge in [0.15, 0.2) is 0 Å². The Balaban J connectivity index is 4.39. The van der Waals surface area contributed by atoms with E-state index in [4.69, 9.17) is 0 Å². The van der Waals surface area contributed by atoms with Gasteiger partial charge in [-0.1, -0.05) is 59.8 Å². The van der Waals surface area contributed by atoms with Crippen molar-refractivity contribution in [2.24, 2.45) is 5.92 Å². The monoisotopic (exact) mass is 227 g/mol. The maximum Gasteiger partial charge on any atom is 0.106 e. The van der Waals surface area contributed by atoms with Crippen molar-refractivity contribution >= 4 is 0 Å². The molecular formula is C15H31O. The lowest BCUT2D eigenvalue weighted by atomic mass is 9.76. The van der Waals surface area contributed by atoms with Crippen LogP contribution in [0.2, 0.25) is 0 Å². The van der Waals surface area contributed by atoms with Crippen LogP contribution in [-0.4, -0.2) is 5.60 Å². The van der Waals surface area contributed by atoms with Crippen molar-refractivity contribution in [3.8, 4) is 0 Å². The maximum absolute atomic E-state index is 12.8. The molecule has 0 heterocycles. The van der Waals surface area contributed by atoms with Crippen LogP contribution >= 0.6 is 0 Å². The molecule has 1 nitrogen and oxygen atoms in total. The molecule has 0 aliphatic heterocycles. The van der Waals surface area contributed by atoms with Crippen LogP contribution in [0.4, 0.5) is 0 Å². The summed E-state index contributed by atoms with van der Waals surface area (Å²) in [5, 5.41) is 12.8. The van der Waals surface area contributed by atoms with Gasteiger partial charge in [0.25, 0.3) is 0 Å². The van der Waals surface area contributed by atoms with Crippen LogP contribution in [-0.2, 0) is 5.11 Å². The normalized spacial score (nSPS) is 17.1. The van der Waals surface area contributed by atoms with Crippen LogP contribution in [0, 0.1) is 5.92 Å². The quantitative estimate of drug-likeness (QED) is 0.478. The number of rotatable bonds is 10. The topological polar surface area (TPSA) is 19.9 Å². The highest BCUT2D eigenvalue weighted by Gasteiger charge is 2.35. The summed E-state index contributed by atoms with van der Waals surface area (Å²) in [5.74, 6) is 0.411. The summed E-state index contributed by atoms with van der Waals surface area (Å²) >= 11 is 0. The Morgan fingerprint density at radius 1 is 0.875 bits per heavy atom. The lowest BCUT2D eigenvalue weighted by molar-refractivity contribution is -0.0944. The second-order valence-electron chi connectivity index (χ2n) is 5.15. The van der Waals surface area contributed by atoms with Gasteiger partial charge < -0.3 is 0 Å². The van der Waals surface area contributed by atoms with E-state index in [0.29, 0.717) is 5.92 Å². The van der Waals surface area contributed by atoms with Crippen LogP contribution in [0.5, 0.6) is 0 Å². The van der Waals surface area contributed by atoms with Crippen molar-refractivity contribution in [3.05, 3.63) is 0 Å². The second kappa shape index (κ2) is 9.04. The van der Waals surface area contributed by atoms with Gasteiger partial charge in [-0.3, -0.25) is 0 Å². The average Bonchev–Trinajstić information content (AvgIpc) is 2.31. The molecule has 0 rings (SSSR count). The highest BCUT2D eigenvalue weighted by molar-refractivity contribution is 4.84. The van der Waals surface area contributed by atoms with Crippen molar-refractivity contribution in [2.45, 2.75) is 91.1 Å². The zero-order valence-electron chi connectivity index (χ0n) is 11.8. The van der Waals surface area contributed by atoms with Gasteiger partial charge in [0, 0.05) is 0 Å². The summed E-state index contributed by atoms with van der Waals surface area (Å²) in [5.41, 5.74) is -0.638. The van der Waals surface area contributed by atoms with Crippen LogP contribution in [0.3, 0.4) is 0 Å². The molecule has 0 aromatic heterocycles. The Labute approximate surface area is 103 Å². The van der Waals surface area contributed by atoms with E-state index in [9.17, 15) is 5.11 Å². The lowest BCUT2D eigenvalue weighted by Crippen LogP contribution is -2.36. The fourth-order valence-corrected chi connectivity index (χ4v) is 2.62. The largest absolute Gasteiger partial charge is 0.229 e. The molecule has 0 fully saturated rings. The van der Waals surface area contributed by atoms with Gasteiger partial charge in [0.1, 0.15) is 5.60 Å². The molecule has 0 aromatic rings. The number of hydrogen-bond donors (Lipinski definition) is 0. The molecule has 16 heavy (non-hydrogen) atoms. The average molecular weight is 227 g/mol. The Morgan fingerprint density at radius 3 is 1.94 bits per heavy atom. The summed E-state index contributed by atoms with van der Waals surface area (Å²) in [4.78, 5) is 0. The first-order chi connectivity index (χ1) is 7.64. The molecule has 0 aromatic carbocycles. The molecule has 0 aliphatic carbocycles. The third-order valence-electron chi connectivity index (χ3n) is 3.84. The van der Waals surface area contributed by atoms with Gasteiger partial charge in [-0.05, 0) is 31.6 Å². The summed E-state index contributed by atoms with van der Waals surface area (Å²) in [6.45, 7) is 8.68. The summed E-state index contributed by atoms with van der Waals surface area (Å²) < 4.78 is 0. The van der Waals surface area contributed by atoms with E-state index >= 15 is 0 Å². The van der Waals surface area contributed by atoms with Gasteiger partial charge in [-0.2, -0.15) is 0 Å². The minimum Gasteiger partial charge on any atom is -0.229 e. The fourth-order valence-electron chi connectivity index (χ4n) is 2.62. The van der Waals surface area contributed by atoms with E-state index in [2.05, 4.69) is 27.7 Å². The maximum atomic E-state index is 12.8. The molecule has 0 saturated carbocycles. The van der Waals surface area contributed by atoms with E-state index < -0.39 is 5.60 Å². The molecule has 0 aliphatic rings. The van der Waals surface area contributed by atoms with E-state index in [1.54, 1.807) is 0 Å². The third kappa shape index (κ3) is 5.34. The molecule has 2 unspecified atom stereocenters. The molecule has 1 heteroatoms. The van der Waals surface area contributed by atoms with Gasteiger partial charge in [-0.25, -0.2) is 5.11 Å². The minimum absolute atomic E-state index is 0.411. The van der Waals surface area contributed by atoms with Crippen molar-refractivity contribution in [1.82, 2.24) is 0 Å². The molecule has 0 spiro atoms. The first kappa shape index (κ1) is 16.0. The van der Waals surface area contributed by atoms with Gasteiger partial charge >= 0.3 is 0 Å². The van der Waals surface area contributed by atoms with Crippen molar-refractivity contribution in [1.29, 1.82) is 0 Å². The van der Waals surface area contributed by atoms with Gasteiger partial charge in [-0.15, -0.1) is 0 Å². The molecule has 0 saturated heterocycles. The number of hydrogen-bond acceptors (Lipinski definition) is 0. The Bertz CT molecular complexity index is 156. The molecule has 0 amide bonds. The minimum atomic E-state index is -0.638. The zero-order chi connectivity index (χ0) is 12.4. The van der Waals surface area contributed by atoms with E-state index in [1.807, 2.05) is 0 Å². The SMILES string of the molecule is CCCCC(CCC)C([O])(CC)CCCC. The van der Waals surface area contributed by atoms with Crippen LogP contribution in [0.25, 0.3) is 0 Å². The lowest BCUT2D eigenvalue weighted by Gasteiger charge is -2.33.